The van der Waals surface area contributed by atoms with E-state index in [0.717, 1.165) is 41.4 Å². The Hall–Kier alpha value is -0.520. The summed E-state index contributed by atoms with van der Waals surface area (Å²) in [5, 5.41) is 0. The van der Waals surface area contributed by atoms with Crippen molar-refractivity contribution in [1.29, 1.82) is 0 Å². The lowest BCUT2D eigenvalue weighted by Gasteiger charge is -2.34. The molecule has 0 radical (unpaired) electrons. The van der Waals surface area contributed by atoms with Crippen molar-refractivity contribution in [2.24, 2.45) is 41.4 Å². The largest absolute Gasteiger partial charge is 0.106 e. The number of allylic oxidation sites excluding steroid dienone is 1. The standard InChI is InChI=1S/C12H22.C12H24.C11H22.C2H4/c1-9(2)11-7-5-6-8-12(11)10(3)4;1-3-8-12-10-7-5-6-9-11(12)4-2;1-3-7-11-9-6-5-8-10(11)4-2;1-2/h10-12H,1,5-8H2,2-4H3;11-12H,3-10H2,1-2H3;10-11H,3-9H2,1-2H3;1-2H2. The average molecular weight is 517 g/mol. The van der Waals surface area contributed by atoms with Crippen molar-refractivity contribution in [3.05, 3.63) is 25.3 Å². The van der Waals surface area contributed by atoms with Gasteiger partial charge in [-0.3, -0.25) is 0 Å². The highest BCUT2D eigenvalue weighted by Crippen LogP contribution is 2.38. The van der Waals surface area contributed by atoms with Crippen LogP contribution in [-0.2, 0) is 0 Å². The second-order valence-corrected chi connectivity index (χ2v) is 13.0. The highest BCUT2D eigenvalue weighted by molar-refractivity contribution is 5.01. The predicted octanol–water partition coefficient (Wildman–Crippen LogP) is 13.2. The van der Waals surface area contributed by atoms with Gasteiger partial charge in [0.05, 0.1) is 0 Å². The maximum Gasteiger partial charge on any atom is -0.0178 e. The Labute approximate surface area is 236 Å². The van der Waals surface area contributed by atoms with Gasteiger partial charge in [0.15, 0.2) is 0 Å². The van der Waals surface area contributed by atoms with Crippen LogP contribution in [0.4, 0.5) is 0 Å². The van der Waals surface area contributed by atoms with Gasteiger partial charge in [-0.05, 0) is 61.2 Å². The van der Waals surface area contributed by atoms with Gasteiger partial charge in [-0.25, -0.2) is 0 Å². The zero-order valence-electron chi connectivity index (χ0n) is 27.1. The Bertz CT molecular complexity index is 514. The number of rotatable bonds is 8. The minimum atomic E-state index is 0.818. The van der Waals surface area contributed by atoms with E-state index in [1.165, 1.54) is 128 Å². The van der Waals surface area contributed by atoms with Crippen LogP contribution in [-0.4, -0.2) is 0 Å². The maximum atomic E-state index is 4.11. The molecule has 0 nitrogen and oxygen atoms in total. The summed E-state index contributed by atoms with van der Waals surface area (Å²) in [5.41, 5.74) is 1.41. The van der Waals surface area contributed by atoms with Crippen LogP contribution in [0.3, 0.4) is 0 Å². The first-order chi connectivity index (χ1) is 17.9. The molecule has 0 heteroatoms. The van der Waals surface area contributed by atoms with Gasteiger partial charge in [-0.2, -0.15) is 0 Å². The van der Waals surface area contributed by atoms with Crippen molar-refractivity contribution in [1.82, 2.24) is 0 Å². The van der Waals surface area contributed by atoms with E-state index in [2.05, 4.69) is 68.2 Å². The quantitative estimate of drug-likeness (QED) is 0.222. The number of hydrogen-bond donors (Lipinski definition) is 0. The molecule has 0 aromatic heterocycles. The SMILES string of the molecule is C=C.C=C(C)C1CCCCC1C(C)C.CCCC1CCCCC1CC.CCCC1CCCCCC1CC. The molecule has 3 aliphatic carbocycles. The molecule has 0 heterocycles. The predicted molar refractivity (Wildman–Crippen MR) is 172 cm³/mol. The molecule has 0 aromatic rings. The summed E-state index contributed by atoms with van der Waals surface area (Å²) in [6, 6.07) is 0. The first kappa shape index (κ1) is 36.5. The minimum absolute atomic E-state index is 0.818. The zero-order chi connectivity index (χ0) is 28.1. The lowest BCUT2D eigenvalue weighted by Crippen LogP contribution is -2.24. The molecule has 3 fully saturated rings. The van der Waals surface area contributed by atoms with Crippen molar-refractivity contribution in [3.63, 3.8) is 0 Å². The lowest BCUT2D eigenvalue weighted by molar-refractivity contribution is 0.209. The van der Waals surface area contributed by atoms with Crippen LogP contribution in [0.15, 0.2) is 25.3 Å². The molecule has 220 valence electrons. The molecule has 0 N–H and O–H groups in total. The summed E-state index contributed by atoms with van der Waals surface area (Å²) in [6.07, 6.45) is 27.8. The van der Waals surface area contributed by atoms with Gasteiger partial charge in [0.2, 0.25) is 0 Å². The van der Waals surface area contributed by atoms with Crippen molar-refractivity contribution in [2.75, 3.05) is 0 Å². The Balaban J connectivity index is 0.000000508. The van der Waals surface area contributed by atoms with E-state index in [4.69, 9.17) is 0 Å². The molecule has 6 atom stereocenters. The first-order valence-electron chi connectivity index (χ1n) is 17.0. The Kier molecular flexibility index (Phi) is 23.0. The summed E-state index contributed by atoms with van der Waals surface area (Å²) in [5.74, 6) is 6.86. The average Bonchev–Trinajstić information content (AvgIpc) is 3.16. The summed E-state index contributed by atoms with van der Waals surface area (Å²) in [4.78, 5) is 0. The van der Waals surface area contributed by atoms with Crippen LogP contribution < -0.4 is 0 Å². The fraction of sp³-hybridized carbons (Fsp3) is 0.892. The zero-order valence-corrected chi connectivity index (χ0v) is 27.1. The van der Waals surface area contributed by atoms with Crippen molar-refractivity contribution in [3.8, 4) is 0 Å². The van der Waals surface area contributed by atoms with Crippen molar-refractivity contribution < 1.29 is 0 Å². The van der Waals surface area contributed by atoms with Crippen LogP contribution in [0.1, 0.15) is 170 Å². The third-order valence-electron chi connectivity index (χ3n) is 10.1. The van der Waals surface area contributed by atoms with Gasteiger partial charge in [0, 0.05) is 0 Å². The fourth-order valence-corrected chi connectivity index (χ4v) is 7.89. The van der Waals surface area contributed by atoms with Crippen LogP contribution >= 0.6 is 0 Å². The van der Waals surface area contributed by atoms with Crippen LogP contribution in [0.5, 0.6) is 0 Å². The fourth-order valence-electron chi connectivity index (χ4n) is 7.89. The molecular formula is C37H72. The normalized spacial score (nSPS) is 29.8. The molecule has 0 saturated heterocycles. The van der Waals surface area contributed by atoms with Gasteiger partial charge in [0.25, 0.3) is 0 Å². The number of hydrogen-bond acceptors (Lipinski definition) is 0. The molecule has 0 aromatic carbocycles. The second kappa shape index (κ2) is 23.4. The Morgan fingerprint density at radius 2 is 0.973 bits per heavy atom. The van der Waals surface area contributed by atoms with Gasteiger partial charge < -0.3 is 0 Å². The molecule has 0 aliphatic heterocycles. The Morgan fingerprint density at radius 3 is 1.32 bits per heavy atom. The summed E-state index contributed by atoms with van der Waals surface area (Å²) in [7, 11) is 0. The summed E-state index contributed by atoms with van der Waals surface area (Å²) < 4.78 is 0. The third-order valence-corrected chi connectivity index (χ3v) is 10.1. The van der Waals surface area contributed by atoms with Crippen LogP contribution in [0, 0.1) is 41.4 Å². The highest BCUT2D eigenvalue weighted by Gasteiger charge is 2.27. The second-order valence-electron chi connectivity index (χ2n) is 13.0. The van der Waals surface area contributed by atoms with E-state index in [0.29, 0.717) is 0 Å². The molecule has 3 aliphatic rings. The van der Waals surface area contributed by atoms with E-state index in [1.807, 2.05) is 0 Å². The van der Waals surface area contributed by atoms with E-state index < -0.39 is 0 Å². The molecule has 0 bridgehead atoms. The first-order valence-corrected chi connectivity index (χ1v) is 17.0. The van der Waals surface area contributed by atoms with E-state index in [-0.39, 0.29) is 0 Å². The summed E-state index contributed by atoms with van der Waals surface area (Å²) >= 11 is 0. The third kappa shape index (κ3) is 15.0. The molecule has 0 amide bonds. The van der Waals surface area contributed by atoms with E-state index in [9.17, 15) is 0 Å². The van der Waals surface area contributed by atoms with Gasteiger partial charge in [-0.1, -0.05) is 163 Å². The van der Waals surface area contributed by atoms with E-state index >= 15 is 0 Å². The Morgan fingerprint density at radius 1 is 0.595 bits per heavy atom. The van der Waals surface area contributed by atoms with Gasteiger partial charge >= 0.3 is 0 Å². The lowest BCUT2D eigenvalue weighted by atomic mass is 9.71. The van der Waals surface area contributed by atoms with Gasteiger partial charge in [0.1, 0.15) is 0 Å². The van der Waals surface area contributed by atoms with Crippen LogP contribution in [0.25, 0.3) is 0 Å². The molecule has 3 rings (SSSR count). The van der Waals surface area contributed by atoms with Crippen molar-refractivity contribution in [2.45, 2.75) is 170 Å². The molecule has 0 spiro atoms. The van der Waals surface area contributed by atoms with Crippen LogP contribution in [0.2, 0.25) is 0 Å². The topological polar surface area (TPSA) is 0 Å². The van der Waals surface area contributed by atoms with Gasteiger partial charge in [-0.15, -0.1) is 13.2 Å². The van der Waals surface area contributed by atoms with E-state index in [1.54, 1.807) is 0 Å². The van der Waals surface area contributed by atoms with Crippen molar-refractivity contribution >= 4 is 0 Å². The molecule has 3 saturated carbocycles. The monoisotopic (exact) mass is 517 g/mol. The minimum Gasteiger partial charge on any atom is -0.106 e. The molecular weight excluding hydrogens is 444 g/mol. The molecule has 37 heavy (non-hydrogen) atoms. The highest BCUT2D eigenvalue weighted by atomic mass is 14.3. The maximum absolute atomic E-state index is 4.11. The smallest absolute Gasteiger partial charge is 0.0178 e. The molecule has 6 unspecified atom stereocenters. The summed E-state index contributed by atoms with van der Waals surface area (Å²) in [6.45, 7) is 26.4.